The van der Waals surface area contributed by atoms with Gasteiger partial charge in [0.05, 0.1) is 13.7 Å². The highest BCUT2D eigenvalue weighted by Gasteiger charge is 2.30. The summed E-state index contributed by atoms with van der Waals surface area (Å²) in [6, 6.07) is 0. The van der Waals surface area contributed by atoms with Gasteiger partial charge in [0, 0.05) is 0 Å². The van der Waals surface area contributed by atoms with E-state index in [1.165, 1.54) is 59.5 Å². The van der Waals surface area contributed by atoms with Crippen molar-refractivity contribution in [2.45, 2.75) is 86.0 Å². The maximum atomic E-state index is 14.0. The predicted molar refractivity (Wildman–Crippen MR) is 118 cm³/mol. The standard InChI is InChI=1S/C23H36F2O2.C2H6/c1-5-6-18-7-11-20(12-8-18)21-13-9-19(10-14-21)15-27-17(3)23(25)22(24)16(2)26-4;1-2/h5-6,18-21H,7-15H2,1-4H3;1-2H3/b6-5+,22-16-,23-17-;. The Hall–Kier alpha value is -1.32. The molecule has 0 aromatic rings. The lowest BCUT2D eigenvalue weighted by atomic mass is 9.69. The first kappa shape index (κ1) is 25.7. The minimum Gasteiger partial charge on any atom is -0.498 e. The summed E-state index contributed by atoms with van der Waals surface area (Å²) in [5, 5.41) is 0. The molecule has 2 rings (SSSR count). The van der Waals surface area contributed by atoms with Crippen LogP contribution in [0.15, 0.2) is 35.3 Å². The summed E-state index contributed by atoms with van der Waals surface area (Å²) in [5.74, 6) is 0.951. The minimum atomic E-state index is -0.979. The first-order valence-corrected chi connectivity index (χ1v) is 11.5. The van der Waals surface area contributed by atoms with Crippen molar-refractivity contribution in [3.05, 3.63) is 35.3 Å². The second-order valence-corrected chi connectivity index (χ2v) is 8.24. The van der Waals surface area contributed by atoms with E-state index in [9.17, 15) is 8.78 Å². The van der Waals surface area contributed by atoms with Crippen molar-refractivity contribution in [1.29, 1.82) is 0 Å². The van der Waals surface area contributed by atoms with E-state index in [4.69, 9.17) is 9.47 Å². The Bertz CT molecular complexity index is 549. The molecule has 0 aliphatic heterocycles. The molecule has 2 aliphatic rings. The molecule has 0 bridgehead atoms. The van der Waals surface area contributed by atoms with Crippen LogP contribution < -0.4 is 0 Å². The van der Waals surface area contributed by atoms with Crippen molar-refractivity contribution in [2.75, 3.05) is 13.7 Å². The van der Waals surface area contributed by atoms with Gasteiger partial charge < -0.3 is 9.47 Å². The Kier molecular flexibility index (Phi) is 12.3. The first-order chi connectivity index (χ1) is 14.0. The average Bonchev–Trinajstić information content (AvgIpc) is 2.78. The van der Waals surface area contributed by atoms with Crippen LogP contribution in [-0.4, -0.2) is 13.7 Å². The van der Waals surface area contributed by atoms with Gasteiger partial charge >= 0.3 is 0 Å². The van der Waals surface area contributed by atoms with E-state index in [1.54, 1.807) is 0 Å². The second kappa shape index (κ2) is 13.8. The molecule has 0 aromatic carbocycles. The molecule has 2 nitrogen and oxygen atoms in total. The Morgan fingerprint density at radius 2 is 1.31 bits per heavy atom. The molecule has 0 N–H and O–H groups in total. The molecule has 0 atom stereocenters. The smallest absolute Gasteiger partial charge is 0.199 e. The summed E-state index contributed by atoms with van der Waals surface area (Å²) in [7, 11) is 1.32. The van der Waals surface area contributed by atoms with E-state index < -0.39 is 11.7 Å². The van der Waals surface area contributed by atoms with Crippen LogP contribution in [0.5, 0.6) is 0 Å². The van der Waals surface area contributed by atoms with Gasteiger partial charge in [-0.25, -0.2) is 0 Å². The highest BCUT2D eigenvalue weighted by molar-refractivity contribution is 5.23. The van der Waals surface area contributed by atoms with Crippen LogP contribution in [0.4, 0.5) is 8.78 Å². The largest absolute Gasteiger partial charge is 0.498 e. The van der Waals surface area contributed by atoms with Crippen LogP contribution in [0.1, 0.15) is 86.0 Å². The van der Waals surface area contributed by atoms with Crippen molar-refractivity contribution >= 4 is 0 Å². The van der Waals surface area contributed by atoms with Gasteiger partial charge in [-0.2, -0.15) is 8.78 Å². The molecule has 0 radical (unpaired) electrons. The Morgan fingerprint density at radius 1 is 0.828 bits per heavy atom. The Morgan fingerprint density at radius 3 is 1.79 bits per heavy atom. The summed E-state index contributed by atoms with van der Waals surface area (Å²) in [5.41, 5.74) is 0. The van der Waals surface area contributed by atoms with Gasteiger partial charge in [-0.15, -0.1) is 0 Å². The molecule has 0 spiro atoms. The van der Waals surface area contributed by atoms with Crippen LogP contribution >= 0.6 is 0 Å². The monoisotopic (exact) mass is 412 g/mol. The zero-order chi connectivity index (χ0) is 21.8. The van der Waals surface area contributed by atoms with Crippen LogP contribution in [0.2, 0.25) is 0 Å². The molecule has 0 unspecified atom stereocenters. The average molecular weight is 413 g/mol. The highest BCUT2D eigenvalue weighted by Crippen LogP contribution is 2.41. The maximum Gasteiger partial charge on any atom is 0.199 e. The van der Waals surface area contributed by atoms with Crippen LogP contribution in [0.25, 0.3) is 0 Å². The zero-order valence-corrected chi connectivity index (χ0v) is 19.4. The zero-order valence-electron chi connectivity index (χ0n) is 19.4. The SMILES string of the molecule is C/C=C/C1CCC(C2CCC(CO/C(C)=C(F)/C(F)=C(\C)OC)CC2)CC1.CC. The maximum absolute atomic E-state index is 14.0. The number of ether oxygens (including phenoxy) is 2. The molecule has 29 heavy (non-hydrogen) atoms. The van der Waals surface area contributed by atoms with Gasteiger partial charge in [-0.05, 0) is 95.8 Å². The van der Waals surface area contributed by atoms with E-state index in [0.717, 1.165) is 30.6 Å². The number of allylic oxidation sites excluding steroid dienone is 6. The summed E-state index contributed by atoms with van der Waals surface area (Å²) in [4.78, 5) is 0. The molecule has 4 heteroatoms. The van der Waals surface area contributed by atoms with Crippen LogP contribution in [-0.2, 0) is 9.47 Å². The fourth-order valence-corrected chi connectivity index (χ4v) is 4.61. The molecule has 0 saturated heterocycles. The number of hydrogen-bond donors (Lipinski definition) is 0. The molecule has 2 aliphatic carbocycles. The molecule has 2 saturated carbocycles. The van der Waals surface area contributed by atoms with E-state index in [-0.39, 0.29) is 11.5 Å². The molecule has 2 fully saturated rings. The lowest BCUT2D eigenvalue weighted by Crippen LogP contribution is -2.26. The van der Waals surface area contributed by atoms with E-state index in [1.807, 2.05) is 13.8 Å². The van der Waals surface area contributed by atoms with Gasteiger partial charge in [0.25, 0.3) is 0 Å². The number of rotatable bonds is 7. The van der Waals surface area contributed by atoms with Crippen molar-refractivity contribution < 1.29 is 18.3 Å². The quantitative estimate of drug-likeness (QED) is 0.238. The molecule has 0 heterocycles. The minimum absolute atomic E-state index is 0.00771. The number of methoxy groups -OCH3 is 1. The van der Waals surface area contributed by atoms with Gasteiger partial charge in [-0.1, -0.05) is 26.0 Å². The van der Waals surface area contributed by atoms with Crippen molar-refractivity contribution in [3.63, 3.8) is 0 Å². The van der Waals surface area contributed by atoms with E-state index >= 15 is 0 Å². The van der Waals surface area contributed by atoms with Crippen molar-refractivity contribution in [1.82, 2.24) is 0 Å². The highest BCUT2D eigenvalue weighted by atomic mass is 19.2. The normalized spacial score (nSPS) is 29.4. The van der Waals surface area contributed by atoms with Gasteiger partial charge in [-0.3, -0.25) is 0 Å². The van der Waals surface area contributed by atoms with Gasteiger partial charge in [0.15, 0.2) is 11.7 Å². The van der Waals surface area contributed by atoms with E-state index in [0.29, 0.717) is 12.5 Å². The third-order valence-electron chi connectivity index (χ3n) is 6.49. The van der Waals surface area contributed by atoms with Crippen molar-refractivity contribution in [3.8, 4) is 0 Å². The summed E-state index contributed by atoms with van der Waals surface area (Å²) in [6.45, 7) is 9.46. The topological polar surface area (TPSA) is 18.5 Å². The molecule has 0 amide bonds. The third-order valence-corrected chi connectivity index (χ3v) is 6.49. The first-order valence-electron chi connectivity index (χ1n) is 11.5. The van der Waals surface area contributed by atoms with E-state index in [2.05, 4.69) is 19.1 Å². The summed E-state index contributed by atoms with van der Waals surface area (Å²) >= 11 is 0. The lowest BCUT2D eigenvalue weighted by molar-refractivity contribution is 0.0992. The summed E-state index contributed by atoms with van der Waals surface area (Å²) in [6.07, 6.45) is 14.7. The fraction of sp³-hybridized carbons (Fsp3) is 0.760. The van der Waals surface area contributed by atoms with Crippen LogP contribution in [0, 0.1) is 23.7 Å². The fourth-order valence-electron chi connectivity index (χ4n) is 4.61. The van der Waals surface area contributed by atoms with Gasteiger partial charge in [0.1, 0.15) is 11.5 Å². The molecular weight excluding hydrogens is 370 g/mol. The molecule has 0 aromatic heterocycles. The Labute approximate surface area is 177 Å². The summed E-state index contributed by atoms with van der Waals surface area (Å²) < 4.78 is 38.1. The van der Waals surface area contributed by atoms with Crippen LogP contribution in [0.3, 0.4) is 0 Å². The second-order valence-electron chi connectivity index (χ2n) is 8.24. The Balaban J connectivity index is 0.00000204. The molecular formula is C25H42F2O2. The number of halogens is 2. The van der Waals surface area contributed by atoms with Crippen molar-refractivity contribution in [2.24, 2.45) is 23.7 Å². The molecule has 168 valence electrons. The lowest BCUT2D eigenvalue weighted by Gasteiger charge is -2.37. The van der Waals surface area contributed by atoms with Gasteiger partial charge in [0.2, 0.25) is 0 Å². The number of hydrogen-bond acceptors (Lipinski definition) is 2. The third kappa shape index (κ3) is 8.14. The predicted octanol–water partition coefficient (Wildman–Crippen LogP) is 8.27.